The SMILES string of the molecule is CCOC1CCC(C)(N2CCC(n3c(=O)[nH]c4cc(Cl)ccc43)CC2)CC1.Cl. The van der Waals surface area contributed by atoms with Crippen LogP contribution in [0.15, 0.2) is 23.0 Å². The van der Waals surface area contributed by atoms with Crippen LogP contribution in [0.4, 0.5) is 0 Å². The van der Waals surface area contributed by atoms with Crippen molar-refractivity contribution in [1.29, 1.82) is 0 Å². The van der Waals surface area contributed by atoms with Gasteiger partial charge in [-0.2, -0.15) is 0 Å². The Bertz CT molecular complexity index is 847. The molecule has 0 spiro atoms. The summed E-state index contributed by atoms with van der Waals surface area (Å²) in [7, 11) is 0. The number of hydrogen-bond donors (Lipinski definition) is 1. The van der Waals surface area contributed by atoms with Gasteiger partial charge < -0.3 is 9.72 Å². The zero-order valence-electron chi connectivity index (χ0n) is 16.7. The number of ether oxygens (including phenoxy) is 1. The second kappa shape index (κ2) is 8.78. The summed E-state index contributed by atoms with van der Waals surface area (Å²) in [5.41, 5.74) is 2.05. The molecule has 2 aromatic rings. The number of fused-ring (bicyclic) bond motifs is 1. The number of piperidine rings is 1. The fourth-order valence-corrected chi connectivity index (χ4v) is 5.23. The Morgan fingerprint density at radius 2 is 1.89 bits per heavy atom. The Morgan fingerprint density at radius 3 is 2.54 bits per heavy atom. The monoisotopic (exact) mass is 427 g/mol. The summed E-state index contributed by atoms with van der Waals surface area (Å²) in [5, 5.41) is 0.654. The average Bonchev–Trinajstić information content (AvgIpc) is 2.99. The molecule has 2 fully saturated rings. The average molecular weight is 428 g/mol. The Labute approximate surface area is 177 Å². The molecule has 156 valence electrons. The number of aromatic amines is 1. The van der Waals surface area contributed by atoms with Crippen LogP contribution in [0.5, 0.6) is 0 Å². The molecular formula is C21H31Cl2N3O2. The second-order valence-electron chi connectivity index (χ2n) is 8.33. The highest BCUT2D eigenvalue weighted by Gasteiger charge is 2.38. The topological polar surface area (TPSA) is 50.3 Å². The maximum atomic E-state index is 12.5. The van der Waals surface area contributed by atoms with Crippen molar-refractivity contribution in [3.05, 3.63) is 33.7 Å². The number of nitrogens with zero attached hydrogens (tertiary/aromatic N) is 2. The summed E-state index contributed by atoms with van der Waals surface area (Å²) < 4.78 is 7.76. The minimum atomic E-state index is -0.0193. The van der Waals surface area contributed by atoms with Gasteiger partial charge in [0.25, 0.3) is 0 Å². The van der Waals surface area contributed by atoms with Crippen LogP contribution in [-0.2, 0) is 4.74 Å². The van der Waals surface area contributed by atoms with Crippen molar-refractivity contribution in [3.8, 4) is 0 Å². The molecule has 1 aromatic heterocycles. The molecule has 0 amide bonds. The van der Waals surface area contributed by atoms with Crippen molar-refractivity contribution in [2.45, 2.75) is 70.1 Å². The summed E-state index contributed by atoms with van der Waals surface area (Å²) in [6.07, 6.45) is 7.19. The van der Waals surface area contributed by atoms with Gasteiger partial charge in [0.1, 0.15) is 0 Å². The molecule has 2 aliphatic rings. The fourth-order valence-electron chi connectivity index (χ4n) is 5.06. The van der Waals surface area contributed by atoms with Crippen LogP contribution >= 0.6 is 24.0 Å². The molecule has 1 saturated carbocycles. The fraction of sp³-hybridized carbons (Fsp3) is 0.667. The van der Waals surface area contributed by atoms with E-state index in [-0.39, 0.29) is 29.7 Å². The molecule has 7 heteroatoms. The number of hydrogen-bond acceptors (Lipinski definition) is 3. The number of halogens is 2. The van der Waals surface area contributed by atoms with Crippen molar-refractivity contribution in [1.82, 2.24) is 14.5 Å². The summed E-state index contributed by atoms with van der Waals surface area (Å²) in [4.78, 5) is 18.1. The van der Waals surface area contributed by atoms with Crippen LogP contribution in [0.25, 0.3) is 11.0 Å². The summed E-state index contributed by atoms with van der Waals surface area (Å²) in [5.74, 6) is 0. The largest absolute Gasteiger partial charge is 0.379 e. The number of aromatic nitrogens is 2. The van der Waals surface area contributed by atoms with Crippen LogP contribution in [0.1, 0.15) is 58.4 Å². The third-order valence-corrected chi connectivity index (χ3v) is 6.92. The lowest BCUT2D eigenvalue weighted by atomic mass is 9.79. The van der Waals surface area contributed by atoms with Crippen molar-refractivity contribution in [3.63, 3.8) is 0 Å². The summed E-state index contributed by atoms with van der Waals surface area (Å²) in [6, 6.07) is 5.91. The minimum absolute atomic E-state index is 0. The number of imidazole rings is 1. The third-order valence-electron chi connectivity index (χ3n) is 6.68. The maximum absolute atomic E-state index is 12.5. The summed E-state index contributed by atoms with van der Waals surface area (Å²) in [6.45, 7) is 7.41. The lowest BCUT2D eigenvalue weighted by Gasteiger charge is -2.48. The van der Waals surface area contributed by atoms with Crippen molar-refractivity contribution >= 4 is 35.0 Å². The van der Waals surface area contributed by atoms with E-state index in [0.29, 0.717) is 11.1 Å². The molecule has 0 radical (unpaired) electrons. The van der Waals surface area contributed by atoms with Gasteiger partial charge in [-0.05, 0) is 70.6 Å². The van der Waals surface area contributed by atoms with E-state index in [1.807, 2.05) is 22.8 Å². The van der Waals surface area contributed by atoms with Crippen LogP contribution in [0.3, 0.4) is 0 Å². The molecule has 1 aliphatic carbocycles. The standard InChI is InChI=1S/C21H30ClN3O2.ClH/c1-3-27-17-6-10-21(2,11-7-17)24-12-8-16(9-13-24)25-19-5-4-15(22)14-18(19)23-20(25)26;/h4-5,14,16-17H,3,6-13H2,1-2H3,(H,23,26);1H. The molecule has 5 nitrogen and oxygen atoms in total. The lowest BCUT2D eigenvalue weighted by Crippen LogP contribution is -2.53. The van der Waals surface area contributed by atoms with Gasteiger partial charge in [-0.3, -0.25) is 9.47 Å². The first kappa shape index (κ1) is 21.7. The van der Waals surface area contributed by atoms with Crippen molar-refractivity contribution < 1.29 is 4.74 Å². The molecule has 0 unspecified atom stereocenters. The number of rotatable bonds is 4. The maximum Gasteiger partial charge on any atom is 0.326 e. The molecule has 1 saturated heterocycles. The third kappa shape index (κ3) is 4.13. The summed E-state index contributed by atoms with van der Waals surface area (Å²) >= 11 is 6.07. The zero-order chi connectivity index (χ0) is 19.0. The smallest absolute Gasteiger partial charge is 0.326 e. The van der Waals surface area contributed by atoms with E-state index >= 15 is 0 Å². The number of likely N-dealkylation sites (tertiary alicyclic amines) is 1. The van der Waals surface area contributed by atoms with Crippen LogP contribution in [0.2, 0.25) is 5.02 Å². The molecule has 4 rings (SSSR count). The van der Waals surface area contributed by atoms with Gasteiger partial charge in [-0.15, -0.1) is 12.4 Å². The van der Waals surface area contributed by atoms with Gasteiger partial charge in [-0.25, -0.2) is 4.79 Å². The van der Waals surface area contributed by atoms with Gasteiger partial charge in [0.2, 0.25) is 0 Å². The first-order valence-electron chi connectivity index (χ1n) is 10.3. The Morgan fingerprint density at radius 1 is 1.21 bits per heavy atom. The van der Waals surface area contributed by atoms with Crippen LogP contribution in [-0.4, -0.2) is 45.8 Å². The number of benzene rings is 1. The van der Waals surface area contributed by atoms with Crippen LogP contribution < -0.4 is 5.69 Å². The van der Waals surface area contributed by atoms with E-state index in [4.69, 9.17) is 16.3 Å². The first-order chi connectivity index (χ1) is 13.0. The van der Waals surface area contributed by atoms with Gasteiger partial charge >= 0.3 is 5.69 Å². The second-order valence-corrected chi connectivity index (χ2v) is 8.77. The highest BCUT2D eigenvalue weighted by Crippen LogP contribution is 2.38. The van der Waals surface area contributed by atoms with E-state index in [0.717, 1.165) is 56.4 Å². The molecule has 2 heterocycles. The van der Waals surface area contributed by atoms with E-state index in [1.54, 1.807) is 0 Å². The molecule has 0 bridgehead atoms. The van der Waals surface area contributed by atoms with E-state index in [9.17, 15) is 4.79 Å². The number of nitrogens with one attached hydrogen (secondary N) is 1. The first-order valence-corrected chi connectivity index (χ1v) is 10.6. The molecular weight excluding hydrogens is 397 g/mol. The Hall–Kier alpha value is -1.01. The molecule has 28 heavy (non-hydrogen) atoms. The van der Waals surface area contributed by atoms with Gasteiger partial charge in [0, 0.05) is 36.3 Å². The van der Waals surface area contributed by atoms with Crippen molar-refractivity contribution in [2.24, 2.45) is 0 Å². The van der Waals surface area contributed by atoms with Gasteiger partial charge in [0.05, 0.1) is 17.1 Å². The molecule has 1 aromatic carbocycles. The van der Waals surface area contributed by atoms with E-state index < -0.39 is 0 Å². The molecule has 1 N–H and O–H groups in total. The molecule has 1 aliphatic heterocycles. The number of H-pyrrole nitrogens is 1. The lowest BCUT2D eigenvalue weighted by molar-refractivity contribution is -0.0273. The van der Waals surface area contributed by atoms with Crippen molar-refractivity contribution in [2.75, 3.05) is 19.7 Å². The predicted octanol–water partition coefficient (Wildman–Crippen LogP) is 4.78. The Kier molecular flexibility index (Phi) is 6.80. The normalized spacial score (nSPS) is 27.0. The van der Waals surface area contributed by atoms with Crippen LogP contribution in [0, 0.1) is 0 Å². The van der Waals surface area contributed by atoms with E-state index in [2.05, 4.69) is 23.7 Å². The zero-order valence-corrected chi connectivity index (χ0v) is 18.3. The highest BCUT2D eigenvalue weighted by atomic mass is 35.5. The Balaban J connectivity index is 0.00000225. The predicted molar refractivity (Wildman–Crippen MR) is 117 cm³/mol. The van der Waals surface area contributed by atoms with Gasteiger partial charge in [0.15, 0.2) is 0 Å². The highest BCUT2D eigenvalue weighted by molar-refractivity contribution is 6.31. The van der Waals surface area contributed by atoms with Gasteiger partial charge in [-0.1, -0.05) is 11.6 Å². The van der Waals surface area contributed by atoms with E-state index in [1.165, 1.54) is 12.8 Å². The minimum Gasteiger partial charge on any atom is -0.379 e. The molecule has 0 atom stereocenters. The quantitative estimate of drug-likeness (QED) is 0.763.